The van der Waals surface area contributed by atoms with Gasteiger partial charge in [0.2, 0.25) is 0 Å². The van der Waals surface area contributed by atoms with Gasteiger partial charge in [-0.25, -0.2) is 0 Å². The van der Waals surface area contributed by atoms with Crippen LogP contribution >= 0.6 is 0 Å². The minimum Gasteiger partial charge on any atom is -0.492 e. The Kier molecular flexibility index (Phi) is 5.86. The van der Waals surface area contributed by atoms with Crippen LogP contribution in [-0.4, -0.2) is 36.7 Å². The summed E-state index contributed by atoms with van der Waals surface area (Å²) < 4.78 is 5.87. The molecule has 0 bridgehead atoms. The van der Waals surface area contributed by atoms with Gasteiger partial charge < -0.3 is 10.5 Å². The summed E-state index contributed by atoms with van der Waals surface area (Å²) >= 11 is 0. The van der Waals surface area contributed by atoms with Gasteiger partial charge in [-0.05, 0) is 56.8 Å². The Bertz CT molecular complexity index is 390. The van der Waals surface area contributed by atoms with Crippen LogP contribution in [0.5, 0.6) is 5.75 Å². The van der Waals surface area contributed by atoms with E-state index in [0.717, 1.165) is 31.4 Å². The molecular formula is C17H28N2O. The van der Waals surface area contributed by atoms with Crippen LogP contribution < -0.4 is 10.5 Å². The van der Waals surface area contributed by atoms with E-state index in [1.165, 1.54) is 24.8 Å². The Hall–Kier alpha value is -1.06. The van der Waals surface area contributed by atoms with Gasteiger partial charge in [0.1, 0.15) is 12.4 Å². The Labute approximate surface area is 123 Å². The van der Waals surface area contributed by atoms with Crippen molar-refractivity contribution in [3.05, 3.63) is 29.8 Å². The van der Waals surface area contributed by atoms with Crippen molar-refractivity contribution in [1.82, 2.24) is 4.90 Å². The van der Waals surface area contributed by atoms with Gasteiger partial charge in [-0.1, -0.05) is 19.1 Å². The highest BCUT2D eigenvalue weighted by atomic mass is 16.5. The van der Waals surface area contributed by atoms with Crippen LogP contribution in [0.15, 0.2) is 24.3 Å². The maximum absolute atomic E-state index is 5.87. The molecule has 1 aromatic rings. The first-order chi connectivity index (χ1) is 9.74. The summed E-state index contributed by atoms with van der Waals surface area (Å²) in [5.74, 6) is 0.964. The van der Waals surface area contributed by atoms with E-state index in [9.17, 15) is 0 Å². The van der Waals surface area contributed by atoms with Gasteiger partial charge in [0.15, 0.2) is 0 Å². The maximum atomic E-state index is 5.87. The molecule has 0 aliphatic carbocycles. The molecule has 0 aromatic heterocycles. The molecule has 0 radical (unpaired) electrons. The number of benzene rings is 1. The van der Waals surface area contributed by atoms with E-state index < -0.39 is 0 Å². The normalized spacial score (nSPS) is 23.1. The highest BCUT2D eigenvalue weighted by Gasteiger charge is 2.28. The van der Waals surface area contributed by atoms with Crippen molar-refractivity contribution in [2.75, 3.05) is 19.7 Å². The smallest absolute Gasteiger partial charge is 0.119 e. The molecule has 1 saturated heterocycles. The fourth-order valence-corrected chi connectivity index (χ4v) is 3.15. The van der Waals surface area contributed by atoms with Crippen LogP contribution in [0.4, 0.5) is 0 Å². The van der Waals surface area contributed by atoms with Crippen LogP contribution in [0.25, 0.3) is 0 Å². The fraction of sp³-hybridized carbons (Fsp3) is 0.647. The molecule has 0 saturated carbocycles. The van der Waals surface area contributed by atoms with Crippen molar-refractivity contribution >= 4 is 0 Å². The van der Waals surface area contributed by atoms with Crippen molar-refractivity contribution in [3.63, 3.8) is 0 Å². The van der Waals surface area contributed by atoms with E-state index >= 15 is 0 Å². The van der Waals surface area contributed by atoms with E-state index in [4.69, 9.17) is 10.5 Å². The van der Waals surface area contributed by atoms with E-state index in [1.807, 2.05) is 0 Å². The second kappa shape index (κ2) is 7.65. The molecule has 1 heterocycles. The number of hydrogen-bond donors (Lipinski definition) is 1. The lowest BCUT2D eigenvalue weighted by atomic mass is 10.1. The standard InChI is InChI=1S/C17H28N2O/c1-3-16-7-4-14(2)19(16)12-13-20-17-8-5-15(6-9-17)10-11-18/h5-6,8-9,14,16H,3-4,7,10-13,18H2,1-2H3. The Morgan fingerprint density at radius 1 is 1.25 bits per heavy atom. The third kappa shape index (κ3) is 3.97. The number of rotatable bonds is 7. The van der Waals surface area contributed by atoms with Gasteiger partial charge in [0, 0.05) is 18.6 Å². The predicted molar refractivity (Wildman–Crippen MR) is 84.2 cm³/mol. The minimum atomic E-state index is 0.700. The fourth-order valence-electron chi connectivity index (χ4n) is 3.15. The molecule has 1 fully saturated rings. The monoisotopic (exact) mass is 276 g/mol. The minimum absolute atomic E-state index is 0.700. The van der Waals surface area contributed by atoms with Crippen molar-refractivity contribution in [3.8, 4) is 5.75 Å². The number of nitrogens with zero attached hydrogens (tertiary/aromatic N) is 1. The molecule has 2 atom stereocenters. The van der Waals surface area contributed by atoms with Crippen LogP contribution in [0.2, 0.25) is 0 Å². The summed E-state index contributed by atoms with van der Waals surface area (Å²) in [5, 5.41) is 0. The average Bonchev–Trinajstić information content (AvgIpc) is 2.82. The van der Waals surface area contributed by atoms with E-state index in [1.54, 1.807) is 0 Å². The first-order valence-electron chi connectivity index (χ1n) is 7.92. The number of nitrogens with two attached hydrogens (primary N) is 1. The maximum Gasteiger partial charge on any atom is 0.119 e. The number of ether oxygens (including phenoxy) is 1. The van der Waals surface area contributed by atoms with Crippen molar-refractivity contribution in [1.29, 1.82) is 0 Å². The zero-order valence-electron chi connectivity index (χ0n) is 12.8. The topological polar surface area (TPSA) is 38.5 Å². The van der Waals surface area contributed by atoms with E-state index in [2.05, 4.69) is 43.0 Å². The van der Waals surface area contributed by atoms with Gasteiger partial charge in [-0.2, -0.15) is 0 Å². The molecule has 3 heteroatoms. The quantitative estimate of drug-likeness (QED) is 0.832. The zero-order valence-corrected chi connectivity index (χ0v) is 12.8. The summed E-state index contributed by atoms with van der Waals surface area (Å²) in [6.07, 6.45) is 4.85. The van der Waals surface area contributed by atoms with Crippen LogP contribution in [-0.2, 0) is 6.42 Å². The lowest BCUT2D eigenvalue weighted by Gasteiger charge is -2.27. The van der Waals surface area contributed by atoms with Gasteiger partial charge in [0.05, 0.1) is 0 Å². The van der Waals surface area contributed by atoms with E-state index in [0.29, 0.717) is 12.6 Å². The van der Waals surface area contributed by atoms with Crippen LogP contribution in [0.3, 0.4) is 0 Å². The molecule has 0 amide bonds. The van der Waals surface area contributed by atoms with Crippen LogP contribution in [0.1, 0.15) is 38.7 Å². The largest absolute Gasteiger partial charge is 0.492 e. The van der Waals surface area contributed by atoms with Gasteiger partial charge in [-0.15, -0.1) is 0 Å². The summed E-state index contributed by atoms with van der Waals surface area (Å²) in [4.78, 5) is 2.60. The van der Waals surface area contributed by atoms with Crippen LogP contribution in [0, 0.1) is 0 Å². The highest BCUT2D eigenvalue weighted by molar-refractivity contribution is 5.27. The summed E-state index contributed by atoms with van der Waals surface area (Å²) in [6, 6.07) is 9.77. The molecule has 1 aliphatic rings. The molecule has 2 unspecified atom stereocenters. The van der Waals surface area contributed by atoms with Gasteiger partial charge in [-0.3, -0.25) is 4.90 Å². The summed E-state index contributed by atoms with van der Waals surface area (Å²) in [7, 11) is 0. The van der Waals surface area contributed by atoms with Gasteiger partial charge in [0.25, 0.3) is 0 Å². The lowest BCUT2D eigenvalue weighted by molar-refractivity contribution is 0.159. The molecule has 1 aliphatic heterocycles. The SMILES string of the molecule is CCC1CCC(C)N1CCOc1ccc(CCN)cc1. The molecule has 112 valence electrons. The lowest BCUT2D eigenvalue weighted by Crippen LogP contribution is -2.37. The number of hydrogen-bond acceptors (Lipinski definition) is 3. The molecule has 3 nitrogen and oxygen atoms in total. The molecule has 0 spiro atoms. The third-order valence-electron chi connectivity index (χ3n) is 4.40. The van der Waals surface area contributed by atoms with Crippen molar-refractivity contribution < 1.29 is 4.74 Å². The zero-order chi connectivity index (χ0) is 14.4. The second-order valence-electron chi connectivity index (χ2n) is 5.76. The first-order valence-corrected chi connectivity index (χ1v) is 7.92. The number of likely N-dealkylation sites (tertiary alicyclic amines) is 1. The van der Waals surface area contributed by atoms with Crippen molar-refractivity contribution in [2.45, 2.75) is 51.6 Å². The molecular weight excluding hydrogens is 248 g/mol. The molecule has 2 rings (SSSR count). The van der Waals surface area contributed by atoms with Crippen molar-refractivity contribution in [2.24, 2.45) is 5.73 Å². The second-order valence-corrected chi connectivity index (χ2v) is 5.76. The first kappa shape index (κ1) is 15.3. The average molecular weight is 276 g/mol. The molecule has 2 N–H and O–H groups in total. The Morgan fingerprint density at radius 2 is 2.00 bits per heavy atom. The van der Waals surface area contributed by atoms with Gasteiger partial charge >= 0.3 is 0 Å². The Balaban J connectivity index is 1.77. The Morgan fingerprint density at radius 3 is 2.65 bits per heavy atom. The summed E-state index contributed by atoms with van der Waals surface area (Å²) in [6.45, 7) is 7.12. The highest BCUT2D eigenvalue weighted by Crippen LogP contribution is 2.25. The van der Waals surface area contributed by atoms with E-state index in [-0.39, 0.29) is 0 Å². The third-order valence-corrected chi connectivity index (χ3v) is 4.40. The molecule has 1 aromatic carbocycles. The predicted octanol–water partition coefficient (Wildman–Crippen LogP) is 2.83. The summed E-state index contributed by atoms with van der Waals surface area (Å²) in [5.41, 5.74) is 6.83. The molecule has 20 heavy (non-hydrogen) atoms.